The molecule has 0 bridgehead atoms. The summed E-state index contributed by atoms with van der Waals surface area (Å²) in [5.74, 6) is -0.0475. The lowest BCUT2D eigenvalue weighted by Crippen LogP contribution is -2.48. The van der Waals surface area contributed by atoms with Gasteiger partial charge in [-0.1, -0.05) is 48.5 Å². The number of rotatable bonds is 5. The van der Waals surface area contributed by atoms with Gasteiger partial charge in [-0.3, -0.25) is 19.8 Å². The first-order valence-corrected chi connectivity index (χ1v) is 8.40. The SMILES string of the molecule is O=C(Cc1ccccc1[N+](=O)[O-])N1CCN(Cc2ccccc2)CC1. The van der Waals surface area contributed by atoms with Gasteiger partial charge in [-0.2, -0.15) is 0 Å². The summed E-state index contributed by atoms with van der Waals surface area (Å²) in [5.41, 5.74) is 1.75. The van der Waals surface area contributed by atoms with Gasteiger partial charge in [0.2, 0.25) is 5.91 Å². The highest BCUT2D eigenvalue weighted by Crippen LogP contribution is 2.19. The third-order valence-corrected chi connectivity index (χ3v) is 4.50. The van der Waals surface area contributed by atoms with Crippen LogP contribution in [-0.4, -0.2) is 46.8 Å². The van der Waals surface area contributed by atoms with Crippen molar-refractivity contribution in [2.75, 3.05) is 26.2 Å². The molecule has 1 amide bonds. The minimum Gasteiger partial charge on any atom is -0.340 e. The van der Waals surface area contributed by atoms with Crippen molar-refractivity contribution >= 4 is 11.6 Å². The molecule has 1 heterocycles. The van der Waals surface area contributed by atoms with Crippen molar-refractivity contribution in [1.82, 2.24) is 9.80 Å². The summed E-state index contributed by atoms with van der Waals surface area (Å²) in [6.45, 7) is 3.83. The Kier molecular flexibility index (Phi) is 5.40. The summed E-state index contributed by atoms with van der Waals surface area (Å²) in [6, 6.07) is 16.7. The maximum atomic E-state index is 12.5. The first kappa shape index (κ1) is 17.1. The average Bonchev–Trinajstić information content (AvgIpc) is 2.63. The predicted molar refractivity (Wildman–Crippen MR) is 95.1 cm³/mol. The molecule has 6 nitrogen and oxygen atoms in total. The Balaban J connectivity index is 1.54. The second-order valence-corrected chi connectivity index (χ2v) is 6.21. The van der Waals surface area contributed by atoms with E-state index in [2.05, 4.69) is 17.0 Å². The van der Waals surface area contributed by atoms with Crippen molar-refractivity contribution in [2.24, 2.45) is 0 Å². The summed E-state index contributed by atoms with van der Waals surface area (Å²) in [7, 11) is 0. The van der Waals surface area contributed by atoms with Crippen molar-refractivity contribution in [3.8, 4) is 0 Å². The third-order valence-electron chi connectivity index (χ3n) is 4.50. The van der Waals surface area contributed by atoms with E-state index >= 15 is 0 Å². The van der Waals surface area contributed by atoms with E-state index in [1.165, 1.54) is 11.6 Å². The second-order valence-electron chi connectivity index (χ2n) is 6.21. The normalized spacial score (nSPS) is 15.1. The summed E-state index contributed by atoms with van der Waals surface area (Å²) < 4.78 is 0. The Morgan fingerprint density at radius 1 is 0.960 bits per heavy atom. The molecule has 25 heavy (non-hydrogen) atoms. The van der Waals surface area contributed by atoms with E-state index < -0.39 is 4.92 Å². The van der Waals surface area contributed by atoms with Crippen LogP contribution in [0.25, 0.3) is 0 Å². The second kappa shape index (κ2) is 7.90. The molecule has 1 saturated heterocycles. The molecular formula is C19H21N3O3. The standard InChI is InChI=1S/C19H21N3O3/c23-19(14-17-8-4-5-9-18(17)22(24)25)21-12-10-20(11-13-21)15-16-6-2-1-3-7-16/h1-9H,10-15H2. The third kappa shape index (κ3) is 4.42. The van der Waals surface area contributed by atoms with E-state index in [0.29, 0.717) is 18.7 Å². The van der Waals surface area contributed by atoms with Crippen LogP contribution in [0.1, 0.15) is 11.1 Å². The molecule has 0 spiro atoms. The first-order chi connectivity index (χ1) is 12.1. The van der Waals surface area contributed by atoms with Gasteiger partial charge in [0.25, 0.3) is 5.69 Å². The lowest BCUT2D eigenvalue weighted by molar-refractivity contribution is -0.385. The van der Waals surface area contributed by atoms with Crippen LogP contribution in [0.2, 0.25) is 0 Å². The van der Waals surface area contributed by atoms with Crippen LogP contribution in [0.4, 0.5) is 5.69 Å². The molecule has 0 aromatic heterocycles. The van der Waals surface area contributed by atoms with Crippen molar-refractivity contribution in [3.05, 3.63) is 75.8 Å². The van der Waals surface area contributed by atoms with Crippen LogP contribution >= 0.6 is 0 Å². The molecule has 1 aliphatic heterocycles. The number of hydrogen-bond donors (Lipinski definition) is 0. The number of nitrogens with zero attached hydrogens (tertiary/aromatic N) is 3. The molecule has 6 heteroatoms. The van der Waals surface area contributed by atoms with Gasteiger partial charge in [0.05, 0.1) is 11.3 Å². The first-order valence-electron chi connectivity index (χ1n) is 8.40. The Labute approximate surface area is 146 Å². The monoisotopic (exact) mass is 339 g/mol. The number of para-hydroxylation sites is 1. The summed E-state index contributed by atoms with van der Waals surface area (Å²) in [6.07, 6.45) is 0.0792. The Bertz CT molecular complexity index is 741. The highest BCUT2D eigenvalue weighted by atomic mass is 16.6. The number of benzene rings is 2. The minimum absolute atomic E-state index is 0.0126. The van der Waals surface area contributed by atoms with Crippen molar-refractivity contribution < 1.29 is 9.72 Å². The molecule has 0 aliphatic carbocycles. The molecular weight excluding hydrogens is 318 g/mol. The number of nitro groups is 1. The van der Waals surface area contributed by atoms with Gasteiger partial charge < -0.3 is 4.90 Å². The maximum Gasteiger partial charge on any atom is 0.273 e. The Morgan fingerprint density at radius 2 is 1.60 bits per heavy atom. The van der Waals surface area contributed by atoms with Crippen LogP contribution in [0.5, 0.6) is 0 Å². The van der Waals surface area contributed by atoms with Crippen LogP contribution in [0.15, 0.2) is 54.6 Å². The summed E-state index contributed by atoms with van der Waals surface area (Å²) in [4.78, 5) is 27.3. The molecule has 2 aromatic carbocycles. The van der Waals surface area contributed by atoms with Crippen LogP contribution in [-0.2, 0) is 17.8 Å². The van der Waals surface area contributed by atoms with Gasteiger partial charge in [-0.15, -0.1) is 0 Å². The quantitative estimate of drug-likeness (QED) is 0.620. The fourth-order valence-corrected chi connectivity index (χ4v) is 3.11. The van der Waals surface area contributed by atoms with E-state index in [1.807, 2.05) is 18.2 Å². The average molecular weight is 339 g/mol. The van der Waals surface area contributed by atoms with Crippen molar-refractivity contribution in [3.63, 3.8) is 0 Å². The van der Waals surface area contributed by atoms with E-state index in [-0.39, 0.29) is 18.0 Å². The van der Waals surface area contributed by atoms with Gasteiger partial charge in [-0.05, 0) is 5.56 Å². The molecule has 1 aliphatic rings. The number of carbonyl (C=O) groups is 1. The number of nitro benzene ring substituents is 1. The highest BCUT2D eigenvalue weighted by molar-refractivity contribution is 5.80. The molecule has 0 N–H and O–H groups in total. The predicted octanol–water partition coefficient (Wildman–Crippen LogP) is 2.48. The van der Waals surface area contributed by atoms with E-state index in [4.69, 9.17) is 0 Å². The maximum absolute atomic E-state index is 12.5. The Morgan fingerprint density at radius 3 is 2.28 bits per heavy atom. The molecule has 2 aromatic rings. The molecule has 0 atom stereocenters. The highest BCUT2D eigenvalue weighted by Gasteiger charge is 2.23. The molecule has 0 saturated carbocycles. The van der Waals surface area contributed by atoms with Gasteiger partial charge >= 0.3 is 0 Å². The van der Waals surface area contributed by atoms with E-state index in [0.717, 1.165) is 19.6 Å². The number of hydrogen-bond acceptors (Lipinski definition) is 4. The molecule has 0 radical (unpaired) electrons. The zero-order chi connectivity index (χ0) is 17.6. The summed E-state index contributed by atoms with van der Waals surface area (Å²) >= 11 is 0. The molecule has 3 rings (SSSR count). The van der Waals surface area contributed by atoms with Gasteiger partial charge in [0, 0.05) is 44.4 Å². The van der Waals surface area contributed by atoms with Crippen molar-refractivity contribution in [1.29, 1.82) is 0 Å². The van der Waals surface area contributed by atoms with Gasteiger partial charge in [0.15, 0.2) is 0 Å². The van der Waals surface area contributed by atoms with Crippen molar-refractivity contribution in [2.45, 2.75) is 13.0 Å². The lowest BCUT2D eigenvalue weighted by atomic mass is 10.1. The number of carbonyl (C=O) groups excluding carboxylic acids is 1. The molecule has 130 valence electrons. The van der Waals surface area contributed by atoms with Gasteiger partial charge in [0.1, 0.15) is 0 Å². The zero-order valence-corrected chi connectivity index (χ0v) is 14.0. The summed E-state index contributed by atoms with van der Waals surface area (Å²) in [5, 5.41) is 11.1. The largest absolute Gasteiger partial charge is 0.340 e. The van der Waals surface area contributed by atoms with Gasteiger partial charge in [-0.25, -0.2) is 0 Å². The van der Waals surface area contributed by atoms with Crippen LogP contribution in [0, 0.1) is 10.1 Å². The molecule has 0 unspecified atom stereocenters. The minimum atomic E-state index is -0.430. The topological polar surface area (TPSA) is 66.7 Å². The number of piperazine rings is 1. The fraction of sp³-hybridized carbons (Fsp3) is 0.316. The van der Waals surface area contributed by atoms with Crippen LogP contribution < -0.4 is 0 Å². The smallest absolute Gasteiger partial charge is 0.273 e. The van der Waals surface area contributed by atoms with E-state index in [9.17, 15) is 14.9 Å². The van der Waals surface area contributed by atoms with Crippen LogP contribution in [0.3, 0.4) is 0 Å². The number of amides is 1. The fourth-order valence-electron chi connectivity index (χ4n) is 3.11. The zero-order valence-electron chi connectivity index (χ0n) is 14.0. The Hall–Kier alpha value is -2.73. The lowest BCUT2D eigenvalue weighted by Gasteiger charge is -2.34. The van der Waals surface area contributed by atoms with E-state index in [1.54, 1.807) is 23.1 Å². The molecule has 1 fully saturated rings.